The Morgan fingerprint density at radius 2 is 2.18 bits per heavy atom. The molecule has 11 heavy (non-hydrogen) atoms. The fourth-order valence-electron chi connectivity index (χ4n) is 0.776. The lowest BCUT2D eigenvalue weighted by Gasteiger charge is -1.90. The highest BCUT2D eigenvalue weighted by Crippen LogP contribution is 2.13. The van der Waals surface area contributed by atoms with Crippen molar-refractivity contribution in [2.24, 2.45) is 0 Å². The molecule has 0 radical (unpaired) electrons. The van der Waals surface area contributed by atoms with Gasteiger partial charge < -0.3 is 0 Å². The van der Waals surface area contributed by atoms with Crippen LogP contribution in [-0.2, 0) is 0 Å². The largest absolute Gasteiger partial charge is 0.261 e. The highest BCUT2D eigenvalue weighted by atomic mass is 32.1. The summed E-state index contributed by atoms with van der Waals surface area (Å²) < 4.78 is 4.13. The van der Waals surface area contributed by atoms with Crippen molar-refractivity contribution in [1.29, 1.82) is 0 Å². The van der Waals surface area contributed by atoms with Gasteiger partial charge in [0.25, 0.3) is 0 Å². The molecule has 0 atom stereocenters. The van der Waals surface area contributed by atoms with Gasteiger partial charge >= 0.3 is 0 Å². The second kappa shape index (κ2) is 2.75. The molecule has 0 aliphatic rings. The number of nitrogens with zero attached hydrogens (tertiary/aromatic N) is 3. The molecular weight excluding hydrogens is 158 g/mol. The van der Waals surface area contributed by atoms with E-state index in [0.29, 0.717) is 0 Å². The number of hydrogen-bond donors (Lipinski definition) is 0. The molecule has 2 aromatic heterocycles. The van der Waals surface area contributed by atoms with Crippen molar-refractivity contribution in [3.8, 4) is 11.4 Å². The minimum absolute atomic E-state index is 0.828. The van der Waals surface area contributed by atoms with Crippen LogP contribution in [0.5, 0.6) is 0 Å². The van der Waals surface area contributed by atoms with Gasteiger partial charge in [0.2, 0.25) is 0 Å². The Labute approximate surface area is 67.9 Å². The van der Waals surface area contributed by atoms with Gasteiger partial charge in [-0.25, -0.2) is 0 Å². The van der Waals surface area contributed by atoms with E-state index in [1.807, 2.05) is 11.4 Å². The quantitative estimate of drug-likeness (QED) is 0.641. The lowest BCUT2D eigenvalue weighted by molar-refractivity contribution is 1.20. The normalized spacial score (nSPS) is 9.82. The van der Waals surface area contributed by atoms with Crippen LogP contribution in [0.1, 0.15) is 0 Å². The number of hydrogen-bond acceptors (Lipinski definition) is 4. The van der Waals surface area contributed by atoms with Gasteiger partial charge in [0.05, 0.1) is 6.20 Å². The minimum atomic E-state index is 0.828. The predicted octanol–water partition coefficient (Wildman–Crippen LogP) is 1.60. The third kappa shape index (κ3) is 1.25. The van der Waals surface area contributed by atoms with E-state index in [1.165, 1.54) is 11.5 Å². The fourth-order valence-corrected chi connectivity index (χ4v) is 1.29. The van der Waals surface area contributed by atoms with E-state index in [4.69, 9.17) is 0 Å². The van der Waals surface area contributed by atoms with E-state index in [9.17, 15) is 0 Å². The molecule has 0 aliphatic heterocycles. The third-order valence-corrected chi connectivity index (χ3v) is 1.82. The van der Waals surface area contributed by atoms with Gasteiger partial charge in [0, 0.05) is 17.8 Å². The Kier molecular flexibility index (Phi) is 1.61. The molecule has 0 fully saturated rings. The molecule has 0 amide bonds. The standard InChI is InChI=1S/C7H5N3S/c1-4-11-10-6(1)7-5-8-2-3-9-7/h1-5H. The summed E-state index contributed by atoms with van der Waals surface area (Å²) in [5.41, 5.74) is 1.72. The molecule has 4 heteroatoms. The summed E-state index contributed by atoms with van der Waals surface area (Å²) in [5, 5.41) is 1.92. The van der Waals surface area contributed by atoms with Crippen LogP contribution >= 0.6 is 11.5 Å². The first-order valence-electron chi connectivity index (χ1n) is 3.13. The topological polar surface area (TPSA) is 38.7 Å². The first-order valence-corrected chi connectivity index (χ1v) is 3.97. The van der Waals surface area contributed by atoms with Crippen LogP contribution in [0.15, 0.2) is 30.0 Å². The molecule has 0 N–H and O–H groups in total. The van der Waals surface area contributed by atoms with Crippen LogP contribution in [0.2, 0.25) is 0 Å². The minimum Gasteiger partial charge on any atom is -0.261 e. The molecule has 54 valence electrons. The van der Waals surface area contributed by atoms with Crippen molar-refractivity contribution < 1.29 is 0 Å². The number of rotatable bonds is 1. The zero-order valence-corrected chi connectivity index (χ0v) is 6.45. The Bertz CT molecular complexity index is 317. The fraction of sp³-hybridized carbons (Fsp3) is 0. The van der Waals surface area contributed by atoms with Gasteiger partial charge in [-0.1, -0.05) is 0 Å². The Balaban J connectivity index is 2.46. The van der Waals surface area contributed by atoms with Crippen LogP contribution in [0.3, 0.4) is 0 Å². The van der Waals surface area contributed by atoms with E-state index < -0.39 is 0 Å². The van der Waals surface area contributed by atoms with Gasteiger partial charge in [-0.3, -0.25) is 9.97 Å². The van der Waals surface area contributed by atoms with Crippen molar-refractivity contribution >= 4 is 11.5 Å². The maximum atomic E-state index is 4.13. The van der Waals surface area contributed by atoms with Gasteiger partial charge in [-0.2, -0.15) is 4.37 Å². The van der Waals surface area contributed by atoms with Crippen molar-refractivity contribution in [2.45, 2.75) is 0 Å². The van der Waals surface area contributed by atoms with Crippen molar-refractivity contribution in [2.75, 3.05) is 0 Å². The van der Waals surface area contributed by atoms with E-state index in [0.717, 1.165) is 11.4 Å². The molecule has 0 unspecified atom stereocenters. The van der Waals surface area contributed by atoms with Gasteiger partial charge in [-0.05, 0) is 17.6 Å². The van der Waals surface area contributed by atoms with E-state index in [2.05, 4.69) is 14.3 Å². The van der Waals surface area contributed by atoms with Crippen LogP contribution in [0.25, 0.3) is 11.4 Å². The average molecular weight is 163 g/mol. The summed E-state index contributed by atoms with van der Waals surface area (Å²) in [7, 11) is 0. The second-order valence-electron chi connectivity index (χ2n) is 1.98. The summed E-state index contributed by atoms with van der Waals surface area (Å²) in [5.74, 6) is 0. The molecule has 0 bridgehead atoms. The lowest BCUT2D eigenvalue weighted by atomic mass is 10.3. The Hall–Kier alpha value is -1.29. The van der Waals surface area contributed by atoms with Crippen molar-refractivity contribution in [3.63, 3.8) is 0 Å². The maximum absolute atomic E-state index is 4.13. The summed E-state index contributed by atoms with van der Waals surface area (Å²) in [4.78, 5) is 8.05. The zero-order chi connectivity index (χ0) is 7.52. The molecule has 2 heterocycles. The Morgan fingerprint density at radius 3 is 2.82 bits per heavy atom. The first kappa shape index (κ1) is 6.42. The zero-order valence-electron chi connectivity index (χ0n) is 5.64. The first-order chi connectivity index (χ1) is 5.47. The maximum Gasteiger partial charge on any atom is 0.108 e. The van der Waals surface area contributed by atoms with Crippen LogP contribution < -0.4 is 0 Å². The van der Waals surface area contributed by atoms with Crippen molar-refractivity contribution in [1.82, 2.24) is 14.3 Å². The number of aromatic nitrogens is 3. The summed E-state index contributed by atoms with van der Waals surface area (Å²) >= 11 is 1.42. The molecule has 0 aromatic carbocycles. The van der Waals surface area contributed by atoms with Gasteiger partial charge in [-0.15, -0.1) is 0 Å². The molecule has 2 aromatic rings. The lowest BCUT2D eigenvalue weighted by Crippen LogP contribution is -1.82. The highest BCUT2D eigenvalue weighted by Gasteiger charge is 1.98. The monoisotopic (exact) mass is 163 g/mol. The predicted molar refractivity (Wildman–Crippen MR) is 43.1 cm³/mol. The Morgan fingerprint density at radius 1 is 1.18 bits per heavy atom. The van der Waals surface area contributed by atoms with E-state index in [1.54, 1.807) is 18.6 Å². The molecule has 0 saturated heterocycles. The molecular formula is C7H5N3S. The van der Waals surface area contributed by atoms with Crippen LogP contribution in [0.4, 0.5) is 0 Å². The third-order valence-electron chi connectivity index (χ3n) is 1.26. The molecule has 2 rings (SSSR count). The summed E-state index contributed by atoms with van der Waals surface area (Å²) in [6.07, 6.45) is 5.01. The van der Waals surface area contributed by atoms with Crippen LogP contribution in [-0.4, -0.2) is 14.3 Å². The SMILES string of the molecule is c1cnc(-c2ccsn2)cn1. The van der Waals surface area contributed by atoms with Crippen LogP contribution in [0, 0.1) is 0 Å². The van der Waals surface area contributed by atoms with E-state index >= 15 is 0 Å². The molecule has 0 aliphatic carbocycles. The average Bonchev–Trinajstić information content (AvgIpc) is 2.58. The smallest absolute Gasteiger partial charge is 0.108 e. The second-order valence-corrected chi connectivity index (χ2v) is 2.64. The summed E-state index contributed by atoms with van der Waals surface area (Å²) in [6.45, 7) is 0. The van der Waals surface area contributed by atoms with Crippen molar-refractivity contribution in [3.05, 3.63) is 30.0 Å². The van der Waals surface area contributed by atoms with Gasteiger partial charge in [0.15, 0.2) is 0 Å². The van der Waals surface area contributed by atoms with Gasteiger partial charge in [0.1, 0.15) is 11.4 Å². The summed E-state index contributed by atoms with van der Waals surface area (Å²) in [6, 6.07) is 1.93. The highest BCUT2D eigenvalue weighted by molar-refractivity contribution is 7.03. The molecule has 0 saturated carbocycles. The van der Waals surface area contributed by atoms with E-state index in [-0.39, 0.29) is 0 Å². The molecule has 0 spiro atoms. The molecule has 3 nitrogen and oxygen atoms in total.